The highest BCUT2D eigenvalue weighted by Crippen LogP contribution is 2.29. The van der Waals surface area contributed by atoms with E-state index in [-0.39, 0.29) is 19.3 Å². The average molecular weight is 418 g/mol. The van der Waals surface area contributed by atoms with Gasteiger partial charge in [-0.05, 0) is 56.4 Å². The predicted octanol–water partition coefficient (Wildman–Crippen LogP) is 1.46. The Morgan fingerprint density at radius 3 is 2.43 bits per heavy atom. The number of fused-ring (bicyclic) bond motifs is 2. The molecule has 0 aliphatic carbocycles. The summed E-state index contributed by atoms with van der Waals surface area (Å²) in [6, 6.07) is 8.88. The highest BCUT2D eigenvalue weighted by molar-refractivity contribution is 5.68. The summed E-state index contributed by atoms with van der Waals surface area (Å²) in [7, 11) is 0. The Hall–Kier alpha value is -2.34. The van der Waals surface area contributed by atoms with E-state index in [1.807, 2.05) is 0 Å². The third-order valence-electron chi connectivity index (χ3n) is 5.55. The van der Waals surface area contributed by atoms with E-state index in [2.05, 4.69) is 11.0 Å². The number of piperidine rings is 2. The van der Waals surface area contributed by atoms with E-state index in [4.69, 9.17) is 14.7 Å². The highest BCUT2D eigenvalue weighted by Gasteiger charge is 2.38. The van der Waals surface area contributed by atoms with Crippen molar-refractivity contribution in [2.45, 2.75) is 32.0 Å². The van der Waals surface area contributed by atoms with Gasteiger partial charge >= 0.3 is 6.09 Å². The van der Waals surface area contributed by atoms with Crippen LogP contribution < -0.4 is 4.74 Å². The largest absolute Gasteiger partial charge is 0.491 e. The Morgan fingerprint density at radius 2 is 1.87 bits per heavy atom. The first-order valence-corrected chi connectivity index (χ1v) is 10.4. The van der Waals surface area contributed by atoms with Gasteiger partial charge in [-0.3, -0.25) is 4.90 Å². The number of hydrogen-bond donors (Lipinski definition) is 2. The van der Waals surface area contributed by atoms with E-state index in [1.54, 1.807) is 43.0 Å². The summed E-state index contributed by atoms with van der Waals surface area (Å²) in [5.74, 6) is 1.31. The fourth-order valence-electron chi connectivity index (χ4n) is 4.19. The van der Waals surface area contributed by atoms with E-state index in [0.717, 1.165) is 19.5 Å². The highest BCUT2D eigenvalue weighted by atomic mass is 16.6. The second kappa shape index (κ2) is 9.65. The molecule has 0 radical (unpaired) electrons. The molecule has 1 amide bonds. The second-order valence-corrected chi connectivity index (χ2v) is 8.98. The van der Waals surface area contributed by atoms with Gasteiger partial charge in [-0.1, -0.05) is 0 Å². The van der Waals surface area contributed by atoms with Crippen LogP contribution in [0.1, 0.15) is 25.8 Å². The smallest absolute Gasteiger partial charge is 0.410 e. The molecule has 2 N–H and O–H groups in total. The van der Waals surface area contributed by atoms with E-state index in [0.29, 0.717) is 42.8 Å². The van der Waals surface area contributed by atoms with Gasteiger partial charge in [0.15, 0.2) is 0 Å². The zero-order valence-corrected chi connectivity index (χ0v) is 17.7. The van der Waals surface area contributed by atoms with Crippen molar-refractivity contribution in [2.75, 3.05) is 45.9 Å². The number of likely N-dealkylation sites (tertiary alicyclic amines) is 2. The maximum Gasteiger partial charge on any atom is 0.410 e. The van der Waals surface area contributed by atoms with Gasteiger partial charge in [0, 0.05) is 32.7 Å². The SMILES string of the molecule is CC(C)(CO)OC(=O)N1CC2CC(CN(CC(O)COc3ccc(C#N)cc3)C2)C1. The average Bonchev–Trinajstić information content (AvgIpc) is 2.71. The lowest BCUT2D eigenvalue weighted by Gasteiger charge is -2.46. The molecule has 1 aromatic carbocycles. The molecule has 2 saturated heterocycles. The van der Waals surface area contributed by atoms with Crippen molar-refractivity contribution in [3.63, 3.8) is 0 Å². The molecule has 30 heavy (non-hydrogen) atoms. The molecule has 2 bridgehead atoms. The monoisotopic (exact) mass is 417 g/mol. The van der Waals surface area contributed by atoms with Crippen LogP contribution in [-0.2, 0) is 4.74 Å². The number of aliphatic hydroxyl groups is 2. The van der Waals surface area contributed by atoms with Crippen LogP contribution in [-0.4, -0.2) is 83.7 Å². The standard InChI is InChI=1S/C22H31N3O5/c1-22(2,15-26)30-21(28)25-11-17-7-18(12-25)10-24(9-17)13-19(27)14-29-20-5-3-16(8-23)4-6-20/h3-6,17-19,26-27H,7,9-15H2,1-2H3. The fraction of sp³-hybridized carbons (Fsp3) is 0.636. The number of rotatable bonds is 7. The maximum absolute atomic E-state index is 12.4. The number of aliphatic hydroxyl groups excluding tert-OH is 2. The van der Waals surface area contributed by atoms with Crippen molar-refractivity contribution in [1.29, 1.82) is 5.26 Å². The fourth-order valence-corrected chi connectivity index (χ4v) is 4.19. The van der Waals surface area contributed by atoms with E-state index < -0.39 is 11.7 Å². The van der Waals surface area contributed by atoms with Crippen LogP contribution in [0.2, 0.25) is 0 Å². The van der Waals surface area contributed by atoms with Crippen LogP contribution in [0.15, 0.2) is 24.3 Å². The first-order chi connectivity index (χ1) is 14.3. The molecule has 2 fully saturated rings. The summed E-state index contributed by atoms with van der Waals surface area (Å²) in [5.41, 5.74) is -0.310. The van der Waals surface area contributed by atoms with Crippen LogP contribution in [0.25, 0.3) is 0 Å². The normalized spacial score (nSPS) is 22.8. The molecule has 3 unspecified atom stereocenters. The Labute approximate surface area is 177 Å². The third kappa shape index (κ3) is 6.08. The number of ether oxygens (including phenoxy) is 2. The number of nitrogens with zero attached hydrogens (tertiary/aromatic N) is 3. The number of carbonyl (C=O) groups is 1. The Morgan fingerprint density at radius 1 is 1.23 bits per heavy atom. The number of carbonyl (C=O) groups excluding carboxylic acids is 1. The van der Waals surface area contributed by atoms with Gasteiger partial charge in [-0.2, -0.15) is 5.26 Å². The minimum Gasteiger partial charge on any atom is -0.491 e. The van der Waals surface area contributed by atoms with E-state index >= 15 is 0 Å². The van der Waals surface area contributed by atoms with Gasteiger partial charge in [0.25, 0.3) is 0 Å². The number of β-amino-alcohol motifs (C(OH)–C–C–N with tert-alkyl or cyclic N) is 1. The molecule has 0 saturated carbocycles. The third-order valence-corrected chi connectivity index (χ3v) is 5.55. The van der Waals surface area contributed by atoms with Gasteiger partial charge in [0.2, 0.25) is 0 Å². The van der Waals surface area contributed by atoms with Gasteiger partial charge in [-0.15, -0.1) is 0 Å². The molecule has 2 aliphatic rings. The molecule has 3 atom stereocenters. The van der Waals surface area contributed by atoms with Crippen molar-refractivity contribution in [3.05, 3.63) is 29.8 Å². The summed E-state index contributed by atoms with van der Waals surface area (Å²) in [6.07, 6.45) is 0.0839. The number of amides is 1. The van der Waals surface area contributed by atoms with Crippen LogP contribution in [0, 0.1) is 23.2 Å². The van der Waals surface area contributed by atoms with Gasteiger partial charge in [0.05, 0.1) is 18.2 Å². The predicted molar refractivity (Wildman–Crippen MR) is 110 cm³/mol. The molecular formula is C22H31N3O5. The summed E-state index contributed by atoms with van der Waals surface area (Å²) in [5, 5.41) is 28.5. The van der Waals surface area contributed by atoms with Gasteiger partial charge in [-0.25, -0.2) is 4.79 Å². The van der Waals surface area contributed by atoms with Gasteiger partial charge < -0.3 is 24.6 Å². The molecular weight excluding hydrogens is 386 g/mol. The van der Waals surface area contributed by atoms with Crippen molar-refractivity contribution < 1.29 is 24.5 Å². The zero-order valence-electron chi connectivity index (χ0n) is 17.7. The lowest BCUT2D eigenvalue weighted by atomic mass is 9.84. The summed E-state index contributed by atoms with van der Waals surface area (Å²) < 4.78 is 11.1. The van der Waals surface area contributed by atoms with Gasteiger partial charge in [0.1, 0.15) is 24.1 Å². The topological polar surface area (TPSA) is 106 Å². The first kappa shape index (κ1) is 22.3. The van der Waals surface area contributed by atoms with Crippen molar-refractivity contribution in [1.82, 2.24) is 9.80 Å². The summed E-state index contributed by atoms with van der Waals surface area (Å²) in [4.78, 5) is 16.4. The van der Waals surface area contributed by atoms with Crippen LogP contribution in [0.5, 0.6) is 5.75 Å². The molecule has 2 heterocycles. The molecule has 0 spiro atoms. The molecule has 8 nitrogen and oxygen atoms in total. The van der Waals surface area contributed by atoms with E-state index in [1.165, 1.54) is 0 Å². The van der Waals surface area contributed by atoms with E-state index in [9.17, 15) is 15.0 Å². The lowest BCUT2D eigenvalue weighted by Crippen LogP contribution is -2.56. The molecule has 164 valence electrons. The molecule has 2 aliphatic heterocycles. The zero-order chi connectivity index (χ0) is 21.7. The Bertz CT molecular complexity index is 747. The Balaban J connectivity index is 1.44. The molecule has 0 aromatic heterocycles. The summed E-state index contributed by atoms with van der Waals surface area (Å²) in [6.45, 7) is 6.77. The van der Waals surface area contributed by atoms with Crippen molar-refractivity contribution in [2.24, 2.45) is 11.8 Å². The first-order valence-electron chi connectivity index (χ1n) is 10.4. The maximum atomic E-state index is 12.4. The molecule has 8 heteroatoms. The van der Waals surface area contributed by atoms with Crippen molar-refractivity contribution in [3.8, 4) is 11.8 Å². The second-order valence-electron chi connectivity index (χ2n) is 8.98. The van der Waals surface area contributed by atoms with Crippen LogP contribution in [0.3, 0.4) is 0 Å². The Kier molecular flexibility index (Phi) is 7.19. The number of hydrogen-bond acceptors (Lipinski definition) is 7. The lowest BCUT2D eigenvalue weighted by molar-refractivity contribution is -0.0414. The van der Waals surface area contributed by atoms with Crippen molar-refractivity contribution >= 4 is 6.09 Å². The number of nitriles is 1. The minimum absolute atomic E-state index is 0.187. The number of benzene rings is 1. The molecule has 3 rings (SSSR count). The quantitative estimate of drug-likeness (QED) is 0.692. The van der Waals surface area contributed by atoms with Crippen LogP contribution in [0.4, 0.5) is 4.79 Å². The minimum atomic E-state index is -0.880. The summed E-state index contributed by atoms with van der Waals surface area (Å²) >= 11 is 0. The molecule has 1 aromatic rings. The van der Waals surface area contributed by atoms with Crippen LogP contribution >= 0.6 is 0 Å².